The van der Waals surface area contributed by atoms with E-state index in [2.05, 4.69) is 25.8 Å². The van der Waals surface area contributed by atoms with Gasteiger partial charge in [0.2, 0.25) is 11.7 Å². The Kier molecular flexibility index (Phi) is 6.26. The molecule has 32 heavy (non-hydrogen) atoms. The normalized spacial score (nSPS) is 10.4. The van der Waals surface area contributed by atoms with Crippen molar-refractivity contribution in [2.24, 2.45) is 0 Å². The van der Waals surface area contributed by atoms with Gasteiger partial charge in [-0.1, -0.05) is 23.4 Å². The van der Waals surface area contributed by atoms with E-state index in [0.29, 0.717) is 41.0 Å². The standard InChI is InChI=1S/C23H21N5O4/c1-30-18-11-17(12-19(13-18)31-2)25-23(29)26-20-8-4-3-6-15(20)10-21-27-22(28-32-21)16-7-5-9-24-14-16/h3-9,11-14H,10H2,1-2H3,(H2,25,26,29). The van der Waals surface area contributed by atoms with Crippen LogP contribution in [0.1, 0.15) is 11.5 Å². The van der Waals surface area contributed by atoms with Crippen LogP contribution >= 0.6 is 0 Å². The summed E-state index contributed by atoms with van der Waals surface area (Å²) < 4.78 is 15.9. The molecule has 2 aromatic carbocycles. The van der Waals surface area contributed by atoms with E-state index in [4.69, 9.17) is 14.0 Å². The molecule has 4 rings (SSSR count). The van der Waals surface area contributed by atoms with Crippen molar-refractivity contribution < 1.29 is 18.8 Å². The van der Waals surface area contributed by atoms with Crippen LogP contribution in [0.3, 0.4) is 0 Å². The number of anilines is 2. The molecule has 0 saturated carbocycles. The van der Waals surface area contributed by atoms with Gasteiger partial charge >= 0.3 is 6.03 Å². The third-order valence-electron chi connectivity index (χ3n) is 4.60. The molecule has 162 valence electrons. The van der Waals surface area contributed by atoms with Gasteiger partial charge in [-0.25, -0.2) is 4.79 Å². The number of methoxy groups -OCH3 is 2. The highest BCUT2D eigenvalue weighted by atomic mass is 16.5. The van der Waals surface area contributed by atoms with Crippen LogP contribution in [0.5, 0.6) is 11.5 Å². The molecule has 0 radical (unpaired) electrons. The number of amides is 2. The molecule has 2 amide bonds. The maximum Gasteiger partial charge on any atom is 0.323 e. The van der Waals surface area contributed by atoms with Crippen LogP contribution in [0.2, 0.25) is 0 Å². The number of rotatable bonds is 7. The van der Waals surface area contributed by atoms with Gasteiger partial charge in [0.1, 0.15) is 11.5 Å². The molecule has 0 aliphatic rings. The van der Waals surface area contributed by atoms with Crippen LogP contribution in [0.25, 0.3) is 11.4 Å². The third kappa shape index (κ3) is 5.01. The molecule has 2 aromatic heterocycles. The van der Waals surface area contributed by atoms with Gasteiger partial charge in [-0.15, -0.1) is 0 Å². The monoisotopic (exact) mass is 431 g/mol. The number of pyridine rings is 1. The molecule has 2 heterocycles. The molecule has 2 N–H and O–H groups in total. The zero-order valence-electron chi connectivity index (χ0n) is 17.5. The van der Waals surface area contributed by atoms with E-state index < -0.39 is 6.03 Å². The molecule has 0 unspecified atom stereocenters. The van der Waals surface area contributed by atoms with Crippen LogP contribution < -0.4 is 20.1 Å². The fraction of sp³-hybridized carbons (Fsp3) is 0.130. The lowest BCUT2D eigenvalue weighted by atomic mass is 10.1. The van der Waals surface area contributed by atoms with Gasteiger partial charge in [0.25, 0.3) is 0 Å². The number of benzene rings is 2. The Balaban J connectivity index is 1.47. The van der Waals surface area contributed by atoms with Gasteiger partial charge in [-0.3, -0.25) is 4.98 Å². The van der Waals surface area contributed by atoms with Crippen LogP contribution in [0, 0.1) is 0 Å². The molecule has 0 spiro atoms. The minimum atomic E-state index is -0.408. The van der Waals surface area contributed by atoms with E-state index in [1.165, 1.54) is 0 Å². The minimum Gasteiger partial charge on any atom is -0.497 e. The summed E-state index contributed by atoms with van der Waals surface area (Å²) in [5.41, 5.74) is 2.75. The largest absolute Gasteiger partial charge is 0.497 e. The number of aromatic nitrogens is 3. The first-order chi connectivity index (χ1) is 15.6. The molecule has 0 saturated heterocycles. The van der Waals surface area contributed by atoms with Crippen LogP contribution in [0.4, 0.5) is 16.2 Å². The van der Waals surface area contributed by atoms with Crippen LogP contribution in [-0.4, -0.2) is 35.4 Å². The Morgan fingerprint density at radius 2 is 1.78 bits per heavy atom. The fourth-order valence-electron chi connectivity index (χ4n) is 3.06. The van der Waals surface area contributed by atoms with Gasteiger partial charge in [-0.05, 0) is 23.8 Å². The topological polar surface area (TPSA) is 111 Å². The smallest absolute Gasteiger partial charge is 0.323 e. The quantitative estimate of drug-likeness (QED) is 0.446. The molecule has 0 bridgehead atoms. The average molecular weight is 431 g/mol. The zero-order valence-corrected chi connectivity index (χ0v) is 17.5. The molecule has 0 aliphatic carbocycles. The van der Waals surface area contributed by atoms with Crippen molar-refractivity contribution >= 4 is 17.4 Å². The molecule has 4 aromatic rings. The van der Waals surface area contributed by atoms with Gasteiger partial charge in [0, 0.05) is 47.5 Å². The Hall–Kier alpha value is -4.40. The molecular formula is C23H21N5O4. The number of urea groups is 1. The van der Waals surface area contributed by atoms with Crippen molar-refractivity contribution in [2.75, 3.05) is 24.9 Å². The summed E-state index contributed by atoms with van der Waals surface area (Å²) in [4.78, 5) is 21.1. The number of carbonyl (C=O) groups excluding carboxylic acids is 1. The molecule has 0 fully saturated rings. The van der Waals surface area contributed by atoms with Gasteiger partial charge in [0.05, 0.1) is 20.6 Å². The second kappa shape index (κ2) is 9.61. The summed E-state index contributed by atoms with van der Waals surface area (Å²) in [6.07, 6.45) is 3.71. The summed E-state index contributed by atoms with van der Waals surface area (Å²) in [6, 6.07) is 15.8. The number of hydrogen-bond acceptors (Lipinski definition) is 7. The van der Waals surface area contributed by atoms with Crippen LogP contribution in [-0.2, 0) is 6.42 Å². The first-order valence-electron chi connectivity index (χ1n) is 9.76. The van der Waals surface area contributed by atoms with E-state index in [1.807, 2.05) is 24.3 Å². The first-order valence-corrected chi connectivity index (χ1v) is 9.76. The summed E-state index contributed by atoms with van der Waals surface area (Å²) in [5.74, 6) is 2.03. The second-order valence-corrected chi connectivity index (χ2v) is 6.77. The lowest BCUT2D eigenvalue weighted by molar-refractivity contribution is 0.262. The van der Waals surface area contributed by atoms with Gasteiger partial charge < -0.3 is 24.6 Å². The highest BCUT2D eigenvalue weighted by molar-refractivity contribution is 6.00. The van der Waals surface area contributed by atoms with Crippen molar-refractivity contribution in [1.29, 1.82) is 0 Å². The van der Waals surface area contributed by atoms with Gasteiger partial charge in [0.15, 0.2) is 0 Å². The molecule has 9 heteroatoms. The zero-order chi connectivity index (χ0) is 22.3. The Morgan fingerprint density at radius 1 is 1.00 bits per heavy atom. The Labute approximate surface area is 184 Å². The predicted molar refractivity (Wildman–Crippen MR) is 119 cm³/mol. The highest BCUT2D eigenvalue weighted by Gasteiger charge is 2.13. The third-order valence-corrected chi connectivity index (χ3v) is 4.60. The number of para-hydroxylation sites is 1. The molecule has 0 atom stereocenters. The number of ether oxygens (including phenoxy) is 2. The minimum absolute atomic E-state index is 0.358. The van der Waals surface area contributed by atoms with E-state index in [0.717, 1.165) is 11.1 Å². The number of carbonyl (C=O) groups is 1. The van der Waals surface area contributed by atoms with E-state index in [9.17, 15) is 4.79 Å². The second-order valence-electron chi connectivity index (χ2n) is 6.77. The van der Waals surface area contributed by atoms with Gasteiger partial charge in [-0.2, -0.15) is 4.98 Å². The van der Waals surface area contributed by atoms with Crippen molar-refractivity contribution in [3.8, 4) is 22.9 Å². The fourth-order valence-corrected chi connectivity index (χ4v) is 3.06. The van der Waals surface area contributed by atoms with E-state index in [1.54, 1.807) is 56.9 Å². The number of nitrogens with one attached hydrogen (secondary N) is 2. The summed E-state index contributed by atoms with van der Waals surface area (Å²) in [6.45, 7) is 0. The average Bonchev–Trinajstić information content (AvgIpc) is 3.29. The van der Waals surface area contributed by atoms with E-state index in [-0.39, 0.29) is 0 Å². The summed E-state index contributed by atoms with van der Waals surface area (Å²) >= 11 is 0. The summed E-state index contributed by atoms with van der Waals surface area (Å²) in [7, 11) is 3.10. The lowest BCUT2D eigenvalue weighted by Gasteiger charge is -2.12. The number of hydrogen-bond donors (Lipinski definition) is 2. The van der Waals surface area contributed by atoms with Crippen molar-refractivity contribution in [3.05, 3.63) is 78.4 Å². The van der Waals surface area contributed by atoms with Crippen LogP contribution in [0.15, 0.2) is 71.5 Å². The molecular weight excluding hydrogens is 410 g/mol. The SMILES string of the molecule is COc1cc(NC(=O)Nc2ccccc2Cc2nc(-c3cccnc3)no2)cc(OC)c1. The maximum atomic E-state index is 12.6. The van der Waals surface area contributed by atoms with Crippen molar-refractivity contribution in [1.82, 2.24) is 15.1 Å². The molecule has 0 aliphatic heterocycles. The molecule has 9 nitrogen and oxygen atoms in total. The van der Waals surface area contributed by atoms with Crippen molar-refractivity contribution in [3.63, 3.8) is 0 Å². The highest BCUT2D eigenvalue weighted by Crippen LogP contribution is 2.26. The Morgan fingerprint density at radius 3 is 2.50 bits per heavy atom. The van der Waals surface area contributed by atoms with E-state index >= 15 is 0 Å². The predicted octanol–water partition coefficient (Wildman–Crippen LogP) is 4.38. The number of nitrogens with zero attached hydrogens (tertiary/aromatic N) is 3. The Bertz CT molecular complexity index is 1190. The first kappa shape index (κ1) is 20.9. The summed E-state index contributed by atoms with van der Waals surface area (Å²) in [5, 5.41) is 9.66. The maximum absolute atomic E-state index is 12.6. The van der Waals surface area contributed by atoms with Crippen molar-refractivity contribution in [2.45, 2.75) is 6.42 Å². The lowest BCUT2D eigenvalue weighted by Crippen LogP contribution is -2.20.